The molecule has 158 valence electrons. The van der Waals surface area contributed by atoms with Gasteiger partial charge in [0.15, 0.2) is 10.9 Å². The third-order valence-corrected chi connectivity index (χ3v) is 6.49. The number of benzene rings is 1. The highest BCUT2D eigenvalue weighted by atomic mass is 35.5. The van der Waals surface area contributed by atoms with Crippen LogP contribution in [0.5, 0.6) is 0 Å². The first kappa shape index (κ1) is 21.5. The van der Waals surface area contributed by atoms with E-state index in [1.165, 1.54) is 23.9 Å². The summed E-state index contributed by atoms with van der Waals surface area (Å²) in [4.78, 5) is 12.5. The molecule has 2 aromatic heterocycles. The second-order valence-electron chi connectivity index (χ2n) is 6.61. The van der Waals surface area contributed by atoms with Crippen molar-refractivity contribution in [2.75, 3.05) is 17.7 Å². The molecule has 1 unspecified atom stereocenters. The molecule has 1 amide bonds. The molecule has 1 atom stereocenters. The molecular formula is C19H17Cl3N4O3S. The fourth-order valence-electron chi connectivity index (χ4n) is 3.07. The molecule has 4 rings (SSSR count). The fraction of sp³-hybridized carbons (Fsp3) is 0.316. The molecule has 11 heteroatoms. The van der Waals surface area contributed by atoms with Gasteiger partial charge < -0.3 is 14.5 Å². The molecular weight excluding hydrogens is 471 g/mol. The highest BCUT2D eigenvalue weighted by Crippen LogP contribution is 2.32. The van der Waals surface area contributed by atoms with E-state index in [0.29, 0.717) is 44.0 Å². The first-order valence-electron chi connectivity index (χ1n) is 9.17. The number of nitrogens with zero attached hydrogens (tertiary/aromatic N) is 3. The molecule has 0 spiro atoms. The zero-order valence-corrected chi connectivity index (χ0v) is 18.7. The van der Waals surface area contributed by atoms with Crippen molar-refractivity contribution in [3.8, 4) is 11.6 Å². The van der Waals surface area contributed by atoms with Crippen molar-refractivity contribution in [1.82, 2.24) is 14.8 Å². The van der Waals surface area contributed by atoms with Gasteiger partial charge in [0.25, 0.3) is 0 Å². The normalized spacial score (nSPS) is 16.2. The van der Waals surface area contributed by atoms with Gasteiger partial charge >= 0.3 is 0 Å². The number of ether oxygens (including phenoxy) is 1. The third kappa shape index (κ3) is 4.95. The lowest BCUT2D eigenvalue weighted by Crippen LogP contribution is -2.18. The number of halogens is 3. The maximum atomic E-state index is 12.5. The average Bonchev–Trinajstić information content (AvgIpc) is 3.47. The number of aromatic nitrogens is 3. The van der Waals surface area contributed by atoms with Crippen molar-refractivity contribution in [2.45, 2.75) is 30.6 Å². The zero-order chi connectivity index (χ0) is 21.1. The minimum atomic E-state index is -0.258. The smallest absolute Gasteiger partial charge is 0.234 e. The van der Waals surface area contributed by atoms with E-state index in [4.69, 9.17) is 44.0 Å². The Bertz CT molecular complexity index is 1040. The van der Waals surface area contributed by atoms with E-state index in [1.807, 2.05) is 10.6 Å². The van der Waals surface area contributed by atoms with Gasteiger partial charge in [-0.15, -0.1) is 10.2 Å². The Morgan fingerprint density at radius 3 is 2.80 bits per heavy atom. The van der Waals surface area contributed by atoms with E-state index < -0.39 is 0 Å². The van der Waals surface area contributed by atoms with Crippen LogP contribution < -0.4 is 5.32 Å². The highest BCUT2D eigenvalue weighted by molar-refractivity contribution is 7.99. The maximum absolute atomic E-state index is 12.5. The first-order valence-corrected chi connectivity index (χ1v) is 11.3. The molecule has 1 aromatic carbocycles. The molecule has 1 saturated heterocycles. The molecule has 1 fully saturated rings. The van der Waals surface area contributed by atoms with Crippen LogP contribution >= 0.6 is 46.6 Å². The van der Waals surface area contributed by atoms with Crippen LogP contribution in [0.1, 0.15) is 12.8 Å². The second-order valence-corrected chi connectivity index (χ2v) is 8.78. The van der Waals surface area contributed by atoms with Gasteiger partial charge in [-0.2, -0.15) is 0 Å². The molecule has 1 aliphatic rings. The standard InChI is InChI=1S/C19H17Cl3N4O3S/c20-12-7-14(22)15(8-13(12)21)23-17(27)10-30-19-25-24-18(16-4-2-6-29-16)26(19)9-11-3-1-5-28-11/h2,4,6-8,11H,1,3,5,9-10H2,(H,23,27). The summed E-state index contributed by atoms with van der Waals surface area (Å²) in [6.07, 6.45) is 3.66. The first-order chi connectivity index (χ1) is 14.5. The lowest BCUT2D eigenvalue weighted by atomic mass is 10.2. The Kier molecular flexibility index (Phi) is 6.90. The van der Waals surface area contributed by atoms with Gasteiger partial charge in [-0.3, -0.25) is 9.36 Å². The zero-order valence-electron chi connectivity index (χ0n) is 15.6. The van der Waals surface area contributed by atoms with Crippen molar-refractivity contribution in [2.24, 2.45) is 0 Å². The third-order valence-electron chi connectivity index (χ3n) is 4.49. The minimum Gasteiger partial charge on any atom is -0.461 e. The average molecular weight is 488 g/mol. The second kappa shape index (κ2) is 9.62. The van der Waals surface area contributed by atoms with Crippen LogP contribution in [-0.4, -0.2) is 39.1 Å². The van der Waals surface area contributed by atoms with Crippen molar-refractivity contribution in [3.05, 3.63) is 45.6 Å². The summed E-state index contributed by atoms with van der Waals surface area (Å²) in [5.74, 6) is 1.06. The van der Waals surface area contributed by atoms with Crippen LogP contribution in [0.15, 0.2) is 40.1 Å². The fourth-order valence-corrected chi connectivity index (χ4v) is 4.42. The van der Waals surface area contributed by atoms with Gasteiger partial charge in [0.1, 0.15) is 0 Å². The van der Waals surface area contributed by atoms with E-state index in [1.54, 1.807) is 12.3 Å². The lowest BCUT2D eigenvalue weighted by molar-refractivity contribution is -0.113. The summed E-state index contributed by atoms with van der Waals surface area (Å²) < 4.78 is 13.2. The Balaban J connectivity index is 1.47. The minimum absolute atomic E-state index is 0.0814. The van der Waals surface area contributed by atoms with Crippen molar-refractivity contribution < 1.29 is 13.9 Å². The highest BCUT2D eigenvalue weighted by Gasteiger charge is 2.23. The molecule has 3 aromatic rings. The van der Waals surface area contributed by atoms with Gasteiger partial charge in [0.2, 0.25) is 11.7 Å². The topological polar surface area (TPSA) is 82.2 Å². The van der Waals surface area contributed by atoms with Crippen LogP contribution in [0.2, 0.25) is 15.1 Å². The lowest BCUT2D eigenvalue weighted by Gasteiger charge is -2.14. The number of amides is 1. The molecule has 1 aliphatic heterocycles. The number of rotatable bonds is 7. The summed E-state index contributed by atoms with van der Waals surface area (Å²) in [7, 11) is 0. The molecule has 0 aliphatic carbocycles. The van der Waals surface area contributed by atoms with Gasteiger partial charge in [0.05, 0.1) is 45.4 Å². The Labute approximate surface area is 192 Å². The molecule has 3 heterocycles. The SMILES string of the molecule is O=C(CSc1nnc(-c2ccco2)n1CC1CCCO1)Nc1cc(Cl)c(Cl)cc1Cl. The van der Waals surface area contributed by atoms with Crippen molar-refractivity contribution in [1.29, 1.82) is 0 Å². The van der Waals surface area contributed by atoms with E-state index >= 15 is 0 Å². The van der Waals surface area contributed by atoms with Gasteiger partial charge in [-0.05, 0) is 37.1 Å². The number of thioether (sulfide) groups is 1. The van der Waals surface area contributed by atoms with Crippen molar-refractivity contribution >= 4 is 58.2 Å². The van der Waals surface area contributed by atoms with Gasteiger partial charge in [-0.1, -0.05) is 46.6 Å². The number of hydrogen-bond donors (Lipinski definition) is 1. The maximum Gasteiger partial charge on any atom is 0.234 e. The summed E-state index contributed by atoms with van der Waals surface area (Å²) in [6.45, 7) is 1.34. The van der Waals surface area contributed by atoms with Gasteiger partial charge in [-0.25, -0.2) is 0 Å². The number of carbonyl (C=O) groups is 1. The summed E-state index contributed by atoms with van der Waals surface area (Å²) in [6, 6.07) is 6.62. The predicted octanol–water partition coefficient (Wildman–Crippen LogP) is 5.41. The predicted molar refractivity (Wildman–Crippen MR) is 118 cm³/mol. The van der Waals surface area contributed by atoms with E-state index in [-0.39, 0.29) is 17.8 Å². The monoisotopic (exact) mass is 486 g/mol. The molecule has 30 heavy (non-hydrogen) atoms. The van der Waals surface area contributed by atoms with Crippen LogP contribution in [0, 0.1) is 0 Å². The largest absolute Gasteiger partial charge is 0.461 e. The number of carbonyl (C=O) groups excluding carboxylic acids is 1. The Hall–Kier alpha value is -1.71. The number of furan rings is 1. The van der Waals surface area contributed by atoms with Crippen LogP contribution in [0.3, 0.4) is 0 Å². The van der Waals surface area contributed by atoms with Crippen LogP contribution in [-0.2, 0) is 16.1 Å². The van der Waals surface area contributed by atoms with Crippen LogP contribution in [0.4, 0.5) is 5.69 Å². The Morgan fingerprint density at radius 1 is 1.23 bits per heavy atom. The summed E-state index contributed by atoms with van der Waals surface area (Å²) in [5, 5.41) is 12.8. The Morgan fingerprint density at radius 2 is 2.07 bits per heavy atom. The van der Waals surface area contributed by atoms with E-state index in [0.717, 1.165) is 19.4 Å². The molecule has 0 bridgehead atoms. The molecule has 0 saturated carbocycles. The number of hydrogen-bond acceptors (Lipinski definition) is 6. The number of anilines is 1. The van der Waals surface area contributed by atoms with Crippen LogP contribution in [0.25, 0.3) is 11.6 Å². The van der Waals surface area contributed by atoms with Crippen molar-refractivity contribution in [3.63, 3.8) is 0 Å². The van der Waals surface area contributed by atoms with E-state index in [9.17, 15) is 4.79 Å². The molecule has 0 radical (unpaired) electrons. The molecule has 7 nitrogen and oxygen atoms in total. The summed E-state index contributed by atoms with van der Waals surface area (Å²) >= 11 is 19.3. The number of nitrogens with one attached hydrogen (secondary N) is 1. The van der Waals surface area contributed by atoms with Gasteiger partial charge in [0, 0.05) is 6.61 Å². The molecule has 1 N–H and O–H groups in total. The van der Waals surface area contributed by atoms with E-state index in [2.05, 4.69) is 15.5 Å². The summed E-state index contributed by atoms with van der Waals surface area (Å²) in [5.41, 5.74) is 0.397. The quantitative estimate of drug-likeness (QED) is 0.354.